The monoisotopic (exact) mass is 589 g/mol. The molecule has 0 fully saturated rings. The van der Waals surface area contributed by atoms with Crippen molar-refractivity contribution in [3.05, 3.63) is 22.5 Å². The lowest BCUT2D eigenvalue weighted by Gasteiger charge is -2.38. The molecule has 7 heteroatoms. The molecular weight excluding hydrogens is 529 g/mol. The molecular formula is C32H61Cl2N3O2. The van der Waals surface area contributed by atoms with Crippen molar-refractivity contribution in [2.24, 2.45) is 0 Å². The SMILES string of the molecule is CCCCCCCC[N+](C)(C)Cc1nc(C)c2c(c1C[N+](C)(C)CCCCCCCC)COC(C)(C)O2.[Cl-].[Cl-]. The molecule has 0 amide bonds. The lowest BCUT2D eigenvalue weighted by molar-refractivity contribution is -0.907. The minimum Gasteiger partial charge on any atom is -1.00 e. The average Bonchev–Trinajstić information content (AvgIpc) is 2.80. The third-order valence-corrected chi connectivity index (χ3v) is 7.93. The van der Waals surface area contributed by atoms with E-state index in [9.17, 15) is 0 Å². The number of aromatic nitrogens is 1. The van der Waals surface area contributed by atoms with Gasteiger partial charge in [-0.25, -0.2) is 4.98 Å². The van der Waals surface area contributed by atoms with Gasteiger partial charge in [0.1, 0.15) is 24.5 Å². The summed E-state index contributed by atoms with van der Waals surface area (Å²) in [6.45, 7) is 15.6. The first-order valence-corrected chi connectivity index (χ1v) is 15.4. The number of aryl methyl sites for hydroxylation is 1. The summed E-state index contributed by atoms with van der Waals surface area (Å²) in [6.07, 6.45) is 16.1. The van der Waals surface area contributed by atoms with E-state index in [4.69, 9.17) is 14.5 Å². The Kier molecular flexibility index (Phi) is 17.8. The Bertz CT molecular complexity index is 828. The number of ether oxygens (including phenoxy) is 2. The Morgan fingerprint density at radius 3 is 1.69 bits per heavy atom. The van der Waals surface area contributed by atoms with Crippen LogP contribution in [0, 0.1) is 6.92 Å². The molecule has 0 spiro atoms. The minimum atomic E-state index is -0.603. The lowest BCUT2D eigenvalue weighted by Crippen LogP contribution is -3.00. The van der Waals surface area contributed by atoms with Crippen LogP contribution in [0.2, 0.25) is 0 Å². The molecule has 0 aromatic carbocycles. The van der Waals surface area contributed by atoms with Gasteiger partial charge in [-0.05, 0) is 32.6 Å². The van der Waals surface area contributed by atoms with E-state index >= 15 is 0 Å². The van der Waals surface area contributed by atoms with E-state index in [1.54, 1.807) is 0 Å². The van der Waals surface area contributed by atoms with Crippen LogP contribution in [-0.2, 0) is 24.4 Å². The smallest absolute Gasteiger partial charge is 0.205 e. The van der Waals surface area contributed by atoms with Gasteiger partial charge in [-0.2, -0.15) is 0 Å². The highest BCUT2D eigenvalue weighted by molar-refractivity contribution is 5.45. The summed E-state index contributed by atoms with van der Waals surface area (Å²) in [5.74, 6) is 0.351. The summed E-state index contributed by atoms with van der Waals surface area (Å²) in [5.41, 5.74) is 4.84. The van der Waals surface area contributed by atoms with Crippen LogP contribution in [0.4, 0.5) is 0 Å². The molecule has 1 aromatic heterocycles. The van der Waals surface area contributed by atoms with Crippen molar-refractivity contribution in [1.82, 2.24) is 4.98 Å². The highest BCUT2D eigenvalue weighted by Crippen LogP contribution is 2.38. The number of halogens is 2. The van der Waals surface area contributed by atoms with Crippen LogP contribution in [0.5, 0.6) is 5.75 Å². The molecule has 0 N–H and O–H groups in total. The fourth-order valence-corrected chi connectivity index (χ4v) is 5.61. The molecule has 0 saturated heterocycles. The molecule has 0 atom stereocenters. The van der Waals surface area contributed by atoms with E-state index in [0.717, 1.165) is 33.5 Å². The van der Waals surface area contributed by atoms with Crippen LogP contribution in [0.15, 0.2) is 0 Å². The van der Waals surface area contributed by atoms with Gasteiger partial charge in [-0.3, -0.25) is 0 Å². The van der Waals surface area contributed by atoms with Crippen LogP contribution in [-0.4, -0.2) is 61.0 Å². The van der Waals surface area contributed by atoms with Crippen LogP contribution in [0.25, 0.3) is 0 Å². The van der Waals surface area contributed by atoms with Crippen molar-refractivity contribution >= 4 is 0 Å². The zero-order valence-electron chi connectivity index (χ0n) is 26.9. The molecule has 230 valence electrons. The molecule has 0 unspecified atom stereocenters. The molecule has 2 rings (SSSR count). The van der Waals surface area contributed by atoms with Crippen molar-refractivity contribution in [3.63, 3.8) is 0 Å². The summed E-state index contributed by atoms with van der Waals surface area (Å²) in [4.78, 5) is 5.21. The summed E-state index contributed by atoms with van der Waals surface area (Å²) in [6, 6.07) is 0. The van der Waals surface area contributed by atoms with Crippen molar-refractivity contribution in [2.45, 2.75) is 137 Å². The van der Waals surface area contributed by atoms with Gasteiger partial charge in [-0.15, -0.1) is 0 Å². The van der Waals surface area contributed by atoms with E-state index in [-0.39, 0.29) is 24.8 Å². The quantitative estimate of drug-likeness (QED) is 0.194. The van der Waals surface area contributed by atoms with Gasteiger partial charge in [0.05, 0.1) is 53.6 Å². The Labute approximate surface area is 254 Å². The largest absolute Gasteiger partial charge is 1.00 e. The average molecular weight is 591 g/mol. The standard InChI is InChI=1S/C32H61N3O2.2ClH/c1-10-12-14-16-18-20-22-34(6,7)24-28-29-26-36-32(4,5)37-31(29)27(3)33-30(28)25-35(8,9)23-21-19-17-15-13-11-2;;/h10-26H2,1-9H3;2*1H/q+2;;/p-2. The maximum Gasteiger partial charge on any atom is 0.205 e. The van der Waals surface area contributed by atoms with Crippen LogP contribution in [0.1, 0.15) is 127 Å². The minimum absolute atomic E-state index is 0. The molecule has 0 bridgehead atoms. The predicted molar refractivity (Wildman–Crippen MR) is 157 cm³/mol. The predicted octanol–water partition coefficient (Wildman–Crippen LogP) is 1.92. The van der Waals surface area contributed by atoms with Gasteiger partial charge in [0.2, 0.25) is 5.79 Å². The molecule has 2 heterocycles. The fourth-order valence-electron chi connectivity index (χ4n) is 5.61. The first kappa shape index (κ1) is 38.4. The van der Waals surface area contributed by atoms with Crippen molar-refractivity contribution in [1.29, 1.82) is 0 Å². The Balaban J connectivity index is 0.00000722. The summed E-state index contributed by atoms with van der Waals surface area (Å²) in [7, 11) is 9.51. The molecule has 1 aromatic rings. The number of unbranched alkanes of at least 4 members (excludes halogenated alkanes) is 10. The molecule has 39 heavy (non-hydrogen) atoms. The normalized spacial score (nSPS) is 14.7. The number of nitrogens with zero attached hydrogens (tertiary/aromatic N) is 3. The van der Waals surface area contributed by atoms with Crippen LogP contribution in [0.3, 0.4) is 0 Å². The second kappa shape index (κ2) is 18.1. The number of rotatable bonds is 18. The zero-order chi connectivity index (χ0) is 27.5. The number of quaternary nitrogens is 2. The van der Waals surface area contributed by atoms with E-state index in [2.05, 4.69) is 49.0 Å². The van der Waals surface area contributed by atoms with Gasteiger partial charge >= 0.3 is 0 Å². The Morgan fingerprint density at radius 2 is 1.18 bits per heavy atom. The van der Waals surface area contributed by atoms with Gasteiger partial charge in [0.25, 0.3) is 0 Å². The fraction of sp³-hybridized carbons (Fsp3) is 0.844. The van der Waals surface area contributed by atoms with E-state index < -0.39 is 5.79 Å². The van der Waals surface area contributed by atoms with E-state index in [1.807, 2.05) is 13.8 Å². The van der Waals surface area contributed by atoms with Crippen molar-refractivity contribution < 1.29 is 43.3 Å². The third-order valence-electron chi connectivity index (χ3n) is 7.93. The first-order chi connectivity index (χ1) is 17.4. The van der Waals surface area contributed by atoms with Gasteiger partial charge in [0, 0.05) is 25.0 Å². The second-order valence-electron chi connectivity index (χ2n) is 13.4. The number of fused-ring (bicyclic) bond motifs is 1. The van der Waals surface area contributed by atoms with E-state index in [0.29, 0.717) is 6.61 Å². The third kappa shape index (κ3) is 13.7. The molecule has 1 aliphatic heterocycles. The Hall–Kier alpha value is -0.590. The maximum atomic E-state index is 6.34. The topological polar surface area (TPSA) is 31.4 Å². The molecule has 1 aliphatic rings. The van der Waals surface area contributed by atoms with E-state index in [1.165, 1.54) is 107 Å². The summed E-state index contributed by atoms with van der Waals surface area (Å²) < 4.78 is 14.5. The number of hydrogen-bond acceptors (Lipinski definition) is 3. The highest BCUT2D eigenvalue weighted by Gasteiger charge is 2.35. The maximum absolute atomic E-state index is 6.34. The number of hydrogen-bond donors (Lipinski definition) is 0. The molecule has 0 aliphatic carbocycles. The Morgan fingerprint density at radius 1 is 0.718 bits per heavy atom. The first-order valence-electron chi connectivity index (χ1n) is 15.4. The summed E-state index contributed by atoms with van der Waals surface area (Å²) >= 11 is 0. The van der Waals surface area contributed by atoms with Crippen LogP contribution < -0.4 is 29.6 Å². The zero-order valence-corrected chi connectivity index (χ0v) is 28.4. The molecule has 5 nitrogen and oxygen atoms in total. The second-order valence-corrected chi connectivity index (χ2v) is 13.4. The molecule has 0 radical (unpaired) electrons. The summed E-state index contributed by atoms with van der Waals surface area (Å²) in [5, 5.41) is 0. The van der Waals surface area contributed by atoms with Gasteiger partial charge in [0.15, 0.2) is 0 Å². The number of pyridine rings is 1. The molecule has 0 saturated carbocycles. The van der Waals surface area contributed by atoms with Crippen LogP contribution >= 0.6 is 0 Å². The van der Waals surface area contributed by atoms with Gasteiger partial charge in [-0.1, -0.05) is 65.2 Å². The van der Waals surface area contributed by atoms with Gasteiger partial charge < -0.3 is 43.3 Å². The van der Waals surface area contributed by atoms with Crippen molar-refractivity contribution in [3.8, 4) is 5.75 Å². The van der Waals surface area contributed by atoms with Crippen molar-refractivity contribution in [2.75, 3.05) is 41.3 Å². The lowest BCUT2D eigenvalue weighted by atomic mass is 10.00. The highest BCUT2D eigenvalue weighted by atomic mass is 35.5.